The van der Waals surface area contributed by atoms with Crippen LogP contribution in [0, 0.1) is 39.3 Å². The Bertz CT molecular complexity index is 1200. The fourth-order valence-electron chi connectivity index (χ4n) is 8.53. The molecule has 0 amide bonds. The molecule has 0 radical (unpaired) electrons. The number of aromatic nitrogens is 3. The molecule has 6 rings (SSSR count). The zero-order chi connectivity index (χ0) is 21.8. The van der Waals surface area contributed by atoms with Gasteiger partial charge in [-0.1, -0.05) is 13.8 Å². The van der Waals surface area contributed by atoms with Crippen molar-refractivity contribution in [3.8, 4) is 0 Å². The predicted molar refractivity (Wildman–Crippen MR) is 123 cm³/mol. The third-order valence-electron chi connectivity index (χ3n) is 10.5. The minimum Gasteiger partial charge on any atom is -0.390 e. The summed E-state index contributed by atoms with van der Waals surface area (Å²) in [6.45, 7) is 6.95. The maximum atomic E-state index is 12.5. The highest BCUT2D eigenvalue weighted by molar-refractivity contribution is 7.71. The normalized spacial score (nSPS) is 43.7. The average molecular weight is 440 g/mol. The molecule has 31 heavy (non-hydrogen) atoms. The van der Waals surface area contributed by atoms with Gasteiger partial charge in [0.25, 0.3) is 5.56 Å². The number of aliphatic hydroxyl groups is 1. The largest absolute Gasteiger partial charge is 0.390 e. The van der Waals surface area contributed by atoms with E-state index in [1.165, 1.54) is 31.2 Å². The summed E-state index contributed by atoms with van der Waals surface area (Å²) in [5.41, 5.74) is 2.64. The quantitative estimate of drug-likeness (QED) is 0.520. The lowest BCUT2D eigenvalue weighted by molar-refractivity contribution is -0.139. The Labute approximate surface area is 188 Å². The number of nitrogens with one attached hydrogen (secondary N) is 2. The molecule has 3 saturated carbocycles. The first-order valence-corrected chi connectivity index (χ1v) is 12.4. The maximum Gasteiger partial charge on any atom is 0.261 e. The summed E-state index contributed by atoms with van der Waals surface area (Å²) in [7, 11) is 0. The second-order valence-electron chi connectivity index (χ2n) is 11.7. The molecule has 7 unspecified atom stereocenters. The maximum absolute atomic E-state index is 12.5. The van der Waals surface area contributed by atoms with E-state index in [0.29, 0.717) is 39.5 Å². The Kier molecular flexibility index (Phi) is 4.08. The van der Waals surface area contributed by atoms with Crippen LogP contribution >= 0.6 is 12.2 Å². The summed E-state index contributed by atoms with van der Waals surface area (Å²) in [6.07, 6.45) is 8.99. The lowest BCUT2D eigenvalue weighted by Gasteiger charge is -2.61. The van der Waals surface area contributed by atoms with Gasteiger partial charge in [-0.25, -0.2) is 4.98 Å². The van der Waals surface area contributed by atoms with Crippen LogP contribution in [0.4, 0.5) is 0 Å². The first kappa shape index (κ1) is 20.1. The van der Waals surface area contributed by atoms with Crippen molar-refractivity contribution in [2.45, 2.75) is 77.7 Å². The molecule has 5 nitrogen and oxygen atoms in total. The second kappa shape index (κ2) is 6.28. The topological polar surface area (TPSA) is 81.8 Å². The van der Waals surface area contributed by atoms with Crippen LogP contribution in [0.15, 0.2) is 10.9 Å². The van der Waals surface area contributed by atoms with Gasteiger partial charge in [0.05, 0.1) is 11.0 Å². The van der Waals surface area contributed by atoms with Gasteiger partial charge in [-0.05, 0) is 117 Å². The molecular formula is C25H33N3O2S. The molecule has 2 heterocycles. The highest BCUT2D eigenvalue weighted by atomic mass is 32.1. The molecule has 7 atom stereocenters. The van der Waals surface area contributed by atoms with E-state index in [-0.39, 0.29) is 16.4 Å². The molecular weight excluding hydrogens is 406 g/mol. The van der Waals surface area contributed by atoms with E-state index < -0.39 is 5.60 Å². The number of H-pyrrole nitrogens is 2. The van der Waals surface area contributed by atoms with E-state index in [4.69, 9.17) is 17.2 Å². The molecule has 0 aliphatic heterocycles. The van der Waals surface area contributed by atoms with Crippen LogP contribution in [-0.4, -0.2) is 25.7 Å². The van der Waals surface area contributed by atoms with Crippen molar-refractivity contribution in [2.75, 3.05) is 0 Å². The Morgan fingerprint density at radius 2 is 1.87 bits per heavy atom. The van der Waals surface area contributed by atoms with Crippen LogP contribution in [0.5, 0.6) is 0 Å². The van der Waals surface area contributed by atoms with E-state index in [1.54, 1.807) is 0 Å². The summed E-state index contributed by atoms with van der Waals surface area (Å²) in [5.74, 6) is 2.69. The molecule has 2 aromatic rings. The van der Waals surface area contributed by atoms with Gasteiger partial charge < -0.3 is 10.1 Å². The molecule has 3 N–H and O–H groups in total. The van der Waals surface area contributed by atoms with Crippen LogP contribution in [-0.2, 0) is 12.8 Å². The highest BCUT2D eigenvalue weighted by Gasteiger charge is 2.63. The summed E-state index contributed by atoms with van der Waals surface area (Å²) >= 11 is 5.15. The number of pyridine rings is 1. The van der Waals surface area contributed by atoms with Crippen molar-refractivity contribution in [3.63, 3.8) is 0 Å². The van der Waals surface area contributed by atoms with Crippen LogP contribution in [0.2, 0.25) is 0 Å². The molecule has 4 aliphatic rings. The molecule has 0 spiro atoms. The lowest BCUT2D eigenvalue weighted by Crippen LogP contribution is -2.56. The van der Waals surface area contributed by atoms with Gasteiger partial charge in [0.15, 0.2) is 4.77 Å². The standard InChI is InChI=1S/C25H33N3O2S/c1-23-12-13-10-16-20(27-22(31)28-21(16)29)26-19(13)11-14(23)4-5-15-17(23)6-8-24(2)18(15)7-9-25(24,3)30/h10,14-15,17-18,30H,4-9,11-12H2,1-3H3,(H2,26,27,28,29,31). The molecule has 166 valence electrons. The Morgan fingerprint density at radius 1 is 1.10 bits per heavy atom. The van der Waals surface area contributed by atoms with Gasteiger partial charge in [0, 0.05) is 5.69 Å². The van der Waals surface area contributed by atoms with E-state index in [0.717, 1.165) is 31.4 Å². The first-order chi connectivity index (χ1) is 14.6. The minimum atomic E-state index is -0.524. The van der Waals surface area contributed by atoms with Gasteiger partial charge in [-0.3, -0.25) is 9.78 Å². The summed E-state index contributed by atoms with van der Waals surface area (Å²) < 4.78 is 0.337. The van der Waals surface area contributed by atoms with Crippen molar-refractivity contribution in [1.82, 2.24) is 15.0 Å². The van der Waals surface area contributed by atoms with Crippen molar-refractivity contribution in [3.05, 3.63) is 32.4 Å². The monoisotopic (exact) mass is 439 g/mol. The van der Waals surface area contributed by atoms with Crippen LogP contribution < -0.4 is 5.56 Å². The van der Waals surface area contributed by atoms with Gasteiger partial charge >= 0.3 is 0 Å². The summed E-state index contributed by atoms with van der Waals surface area (Å²) in [4.78, 5) is 23.1. The van der Waals surface area contributed by atoms with E-state index in [9.17, 15) is 9.90 Å². The molecule has 0 bridgehead atoms. The van der Waals surface area contributed by atoms with Crippen molar-refractivity contribution < 1.29 is 5.11 Å². The van der Waals surface area contributed by atoms with Gasteiger partial charge in [-0.15, -0.1) is 0 Å². The van der Waals surface area contributed by atoms with Crippen molar-refractivity contribution in [1.29, 1.82) is 0 Å². The molecule has 2 aromatic heterocycles. The smallest absolute Gasteiger partial charge is 0.261 e. The fraction of sp³-hybridized carbons (Fsp3) is 0.720. The fourth-order valence-corrected chi connectivity index (χ4v) is 8.72. The average Bonchev–Trinajstić information content (AvgIpc) is 2.94. The van der Waals surface area contributed by atoms with E-state index >= 15 is 0 Å². The third kappa shape index (κ3) is 2.61. The van der Waals surface area contributed by atoms with Gasteiger partial charge in [0.1, 0.15) is 5.65 Å². The third-order valence-corrected chi connectivity index (χ3v) is 10.7. The molecule has 0 aromatic carbocycles. The number of hydrogen-bond acceptors (Lipinski definition) is 4. The minimum absolute atomic E-state index is 0.0622. The summed E-state index contributed by atoms with van der Waals surface area (Å²) in [5, 5.41) is 11.8. The van der Waals surface area contributed by atoms with Crippen molar-refractivity contribution in [2.24, 2.45) is 34.5 Å². The number of rotatable bonds is 0. The molecule has 6 heteroatoms. The highest BCUT2D eigenvalue weighted by Crippen LogP contribution is 2.67. The Hall–Kier alpha value is -1.53. The molecule has 3 fully saturated rings. The zero-order valence-electron chi connectivity index (χ0n) is 18.8. The molecule has 0 saturated heterocycles. The van der Waals surface area contributed by atoms with Crippen LogP contribution in [0.3, 0.4) is 0 Å². The van der Waals surface area contributed by atoms with E-state index in [2.05, 4.69) is 36.8 Å². The number of hydrogen-bond donors (Lipinski definition) is 3. The van der Waals surface area contributed by atoms with E-state index in [1.807, 2.05) is 0 Å². The molecule has 4 aliphatic carbocycles. The lowest BCUT2D eigenvalue weighted by atomic mass is 9.44. The second-order valence-corrected chi connectivity index (χ2v) is 12.1. The first-order valence-electron chi connectivity index (χ1n) is 12.0. The zero-order valence-corrected chi connectivity index (χ0v) is 19.6. The summed E-state index contributed by atoms with van der Waals surface area (Å²) in [6, 6.07) is 2.07. The number of fused-ring (bicyclic) bond motifs is 7. The van der Waals surface area contributed by atoms with Crippen LogP contribution in [0.1, 0.15) is 70.6 Å². The van der Waals surface area contributed by atoms with Crippen LogP contribution in [0.25, 0.3) is 11.0 Å². The Morgan fingerprint density at radius 3 is 2.68 bits per heavy atom. The number of nitrogens with zero attached hydrogens (tertiary/aromatic N) is 1. The van der Waals surface area contributed by atoms with Gasteiger partial charge in [0.2, 0.25) is 0 Å². The number of aromatic amines is 2. The Balaban J connectivity index is 1.40. The van der Waals surface area contributed by atoms with Crippen molar-refractivity contribution >= 4 is 23.3 Å². The van der Waals surface area contributed by atoms with Gasteiger partial charge in [-0.2, -0.15) is 0 Å². The predicted octanol–water partition coefficient (Wildman–Crippen LogP) is 4.69. The SMILES string of the molecule is CC12Cc3cc4c(=O)[nH]c(=S)[nH]c4nc3CC1CCC1C2CCC2(C)C1CCC2(C)O.